The molecule has 0 saturated carbocycles. The van der Waals surface area contributed by atoms with Crippen molar-refractivity contribution in [2.24, 2.45) is 0 Å². The van der Waals surface area contributed by atoms with Gasteiger partial charge in [-0.25, -0.2) is 0 Å². The van der Waals surface area contributed by atoms with Gasteiger partial charge in [-0.2, -0.15) is 0 Å². The fraction of sp³-hybridized carbons (Fsp3) is 1.00. The first-order valence-corrected chi connectivity index (χ1v) is 7.02. The van der Waals surface area contributed by atoms with E-state index in [1.807, 2.05) is 13.8 Å². The maximum Gasteiger partial charge on any atom is 0.170 e. The molecule has 0 aromatic rings. The number of nitrogens with zero attached hydrogens (tertiary/aromatic N) is 2. The van der Waals surface area contributed by atoms with Gasteiger partial charge in [0, 0.05) is 45.4 Å². The molecule has 0 bridgehead atoms. The smallest absolute Gasteiger partial charge is 0.170 e. The Hall–Kier alpha value is -0.200. The second-order valence-electron chi connectivity index (χ2n) is 5.02. The molecular weight excluding hydrogens is 232 g/mol. The van der Waals surface area contributed by atoms with Crippen LogP contribution in [-0.4, -0.2) is 81.3 Å². The molecule has 2 aliphatic heterocycles. The molecule has 2 saturated heterocycles. The van der Waals surface area contributed by atoms with Crippen LogP contribution in [0.2, 0.25) is 0 Å². The molecule has 2 rings (SSSR count). The summed E-state index contributed by atoms with van der Waals surface area (Å²) in [5.74, 6) is 0. The summed E-state index contributed by atoms with van der Waals surface area (Å²) in [5, 5.41) is 0. The number of likely N-dealkylation sites (N-methyl/N-ethyl adjacent to an activating group) is 1. The highest BCUT2D eigenvalue weighted by Crippen LogP contribution is 2.22. The second-order valence-corrected chi connectivity index (χ2v) is 5.02. The predicted molar refractivity (Wildman–Crippen MR) is 69.6 cm³/mol. The minimum absolute atomic E-state index is 0.106. The monoisotopic (exact) mass is 258 g/mol. The van der Waals surface area contributed by atoms with Gasteiger partial charge in [0.1, 0.15) is 0 Å². The van der Waals surface area contributed by atoms with Crippen molar-refractivity contribution in [2.75, 3.05) is 53.0 Å². The summed E-state index contributed by atoms with van der Waals surface area (Å²) in [7, 11) is 2.19. The van der Waals surface area contributed by atoms with Crippen molar-refractivity contribution in [1.29, 1.82) is 0 Å². The largest absolute Gasteiger partial charge is 0.374 e. The number of rotatable bonds is 6. The van der Waals surface area contributed by atoms with E-state index in [4.69, 9.17) is 14.2 Å². The molecule has 0 aromatic carbocycles. The van der Waals surface area contributed by atoms with Gasteiger partial charge in [0.05, 0.1) is 12.7 Å². The van der Waals surface area contributed by atoms with Gasteiger partial charge in [0.15, 0.2) is 6.29 Å². The van der Waals surface area contributed by atoms with Crippen LogP contribution in [-0.2, 0) is 14.2 Å². The van der Waals surface area contributed by atoms with Crippen LogP contribution in [0, 0.1) is 0 Å². The van der Waals surface area contributed by atoms with Crippen LogP contribution in [0.4, 0.5) is 0 Å². The van der Waals surface area contributed by atoms with E-state index in [0.717, 1.165) is 32.8 Å². The van der Waals surface area contributed by atoms with Gasteiger partial charge in [0.25, 0.3) is 0 Å². The molecule has 0 spiro atoms. The lowest BCUT2D eigenvalue weighted by Gasteiger charge is -2.33. The summed E-state index contributed by atoms with van der Waals surface area (Å²) in [6, 6.07) is 0.530. The lowest BCUT2D eigenvalue weighted by molar-refractivity contribution is -0.146. The Morgan fingerprint density at radius 2 is 1.94 bits per heavy atom. The predicted octanol–water partition coefficient (Wildman–Crippen LogP) is 0.400. The molecule has 106 valence electrons. The van der Waals surface area contributed by atoms with Crippen molar-refractivity contribution in [3.8, 4) is 0 Å². The zero-order valence-corrected chi connectivity index (χ0v) is 11.8. The molecule has 5 nitrogen and oxygen atoms in total. The number of hydrogen-bond donors (Lipinski definition) is 0. The Balaban J connectivity index is 1.83. The molecule has 0 unspecified atom stereocenters. The minimum Gasteiger partial charge on any atom is -0.374 e. The van der Waals surface area contributed by atoms with Gasteiger partial charge >= 0.3 is 0 Å². The number of morpholine rings is 1. The molecule has 5 heteroatoms. The molecule has 2 atom stereocenters. The number of hydrogen-bond acceptors (Lipinski definition) is 5. The number of fused-ring (bicyclic) bond motifs is 1. The Morgan fingerprint density at radius 3 is 2.56 bits per heavy atom. The summed E-state index contributed by atoms with van der Waals surface area (Å²) in [4.78, 5) is 4.80. The first kappa shape index (κ1) is 14.2. The van der Waals surface area contributed by atoms with Crippen molar-refractivity contribution in [3.63, 3.8) is 0 Å². The highest BCUT2D eigenvalue weighted by molar-refractivity contribution is 4.93. The molecule has 2 heterocycles. The first-order chi connectivity index (χ1) is 8.74. The number of ether oxygens (including phenoxy) is 3. The van der Waals surface area contributed by atoms with Crippen LogP contribution in [0.15, 0.2) is 0 Å². The number of likely N-dealkylation sites (tertiary alicyclic amines) is 1. The molecule has 0 aliphatic carbocycles. The van der Waals surface area contributed by atoms with E-state index < -0.39 is 0 Å². The standard InChI is InChI=1S/C13H26N2O3/c1-4-16-13(17-5-2)10-15-8-11-12(9-15)18-7-6-14(11)3/h11-13H,4-10H2,1-3H3/t11-,12-/m1/s1. The maximum atomic E-state index is 5.84. The van der Waals surface area contributed by atoms with Gasteiger partial charge < -0.3 is 14.2 Å². The zero-order chi connectivity index (χ0) is 13.0. The highest BCUT2D eigenvalue weighted by atomic mass is 16.7. The van der Waals surface area contributed by atoms with Crippen LogP contribution in [0.25, 0.3) is 0 Å². The summed E-state index contributed by atoms with van der Waals surface area (Å²) < 4.78 is 17.1. The maximum absolute atomic E-state index is 5.84. The normalized spacial score (nSPS) is 30.0. The zero-order valence-electron chi connectivity index (χ0n) is 11.8. The topological polar surface area (TPSA) is 34.2 Å². The van der Waals surface area contributed by atoms with Crippen LogP contribution in [0.3, 0.4) is 0 Å². The Bertz CT molecular complexity index is 246. The fourth-order valence-corrected chi connectivity index (χ4v) is 2.82. The molecule has 0 N–H and O–H groups in total. The van der Waals surface area contributed by atoms with Crippen molar-refractivity contribution in [2.45, 2.75) is 32.3 Å². The van der Waals surface area contributed by atoms with Crippen LogP contribution in [0.1, 0.15) is 13.8 Å². The third-order valence-corrected chi connectivity index (χ3v) is 3.77. The van der Waals surface area contributed by atoms with Gasteiger partial charge in [-0.05, 0) is 20.9 Å². The molecule has 0 radical (unpaired) electrons. The quantitative estimate of drug-likeness (QED) is 0.644. The van der Waals surface area contributed by atoms with Crippen molar-refractivity contribution >= 4 is 0 Å². The molecule has 2 fully saturated rings. The van der Waals surface area contributed by atoms with E-state index in [2.05, 4.69) is 16.8 Å². The van der Waals surface area contributed by atoms with Gasteiger partial charge in [-0.3, -0.25) is 9.80 Å². The highest BCUT2D eigenvalue weighted by Gasteiger charge is 2.39. The van der Waals surface area contributed by atoms with Crippen molar-refractivity contribution in [3.05, 3.63) is 0 Å². The Labute approximate surface area is 110 Å². The Kier molecular flexibility index (Phi) is 5.38. The summed E-state index contributed by atoms with van der Waals surface area (Å²) in [5.41, 5.74) is 0. The van der Waals surface area contributed by atoms with Crippen LogP contribution >= 0.6 is 0 Å². The molecule has 0 aromatic heterocycles. The molecule has 0 amide bonds. The average molecular weight is 258 g/mol. The Morgan fingerprint density at radius 1 is 1.22 bits per heavy atom. The second kappa shape index (κ2) is 6.82. The third kappa shape index (κ3) is 3.42. The van der Waals surface area contributed by atoms with E-state index >= 15 is 0 Å². The lowest BCUT2D eigenvalue weighted by Crippen LogP contribution is -2.48. The van der Waals surface area contributed by atoms with Gasteiger partial charge in [-0.15, -0.1) is 0 Å². The molecular formula is C13H26N2O3. The van der Waals surface area contributed by atoms with E-state index in [9.17, 15) is 0 Å². The van der Waals surface area contributed by atoms with Gasteiger partial charge in [0.2, 0.25) is 0 Å². The van der Waals surface area contributed by atoms with Crippen LogP contribution in [0.5, 0.6) is 0 Å². The molecule has 18 heavy (non-hydrogen) atoms. The fourth-order valence-electron chi connectivity index (χ4n) is 2.82. The summed E-state index contributed by atoms with van der Waals surface area (Å²) in [6.45, 7) is 10.2. The first-order valence-electron chi connectivity index (χ1n) is 7.02. The molecule has 2 aliphatic rings. The lowest BCUT2D eigenvalue weighted by atomic mass is 10.1. The van der Waals surface area contributed by atoms with Crippen molar-refractivity contribution < 1.29 is 14.2 Å². The van der Waals surface area contributed by atoms with E-state index in [-0.39, 0.29) is 6.29 Å². The average Bonchev–Trinajstić information content (AvgIpc) is 2.74. The van der Waals surface area contributed by atoms with E-state index in [0.29, 0.717) is 25.4 Å². The van der Waals surface area contributed by atoms with Gasteiger partial charge in [-0.1, -0.05) is 0 Å². The minimum atomic E-state index is -0.106. The van der Waals surface area contributed by atoms with E-state index in [1.54, 1.807) is 0 Å². The van der Waals surface area contributed by atoms with Crippen LogP contribution < -0.4 is 0 Å². The summed E-state index contributed by atoms with van der Waals surface area (Å²) >= 11 is 0. The summed E-state index contributed by atoms with van der Waals surface area (Å²) in [6.07, 6.45) is 0.248. The SMILES string of the molecule is CCOC(CN1C[C@@H]2[C@@H](C1)OCCN2C)OCC. The van der Waals surface area contributed by atoms with Crippen molar-refractivity contribution in [1.82, 2.24) is 9.80 Å². The van der Waals surface area contributed by atoms with E-state index in [1.165, 1.54) is 0 Å². The third-order valence-electron chi connectivity index (χ3n) is 3.77.